The second-order valence-electron chi connectivity index (χ2n) is 6.89. The number of aryl methyl sites for hydroxylation is 1. The summed E-state index contributed by atoms with van der Waals surface area (Å²) in [5.41, 5.74) is 2.43. The van der Waals surface area contributed by atoms with E-state index in [1.54, 1.807) is 0 Å². The van der Waals surface area contributed by atoms with Crippen molar-refractivity contribution in [1.82, 2.24) is 5.32 Å². The number of rotatable bonds is 4. The number of hydrogen-bond donors (Lipinski definition) is 1. The van der Waals surface area contributed by atoms with Crippen molar-refractivity contribution in [1.29, 1.82) is 0 Å². The Hall–Kier alpha value is -2.29. The first-order chi connectivity index (χ1) is 11.1. The lowest BCUT2D eigenvalue weighted by atomic mass is 9.92. The Morgan fingerprint density at radius 3 is 2.39 bits per heavy atom. The molecule has 3 nitrogen and oxygen atoms in total. The van der Waals surface area contributed by atoms with Crippen LogP contribution in [-0.2, 0) is 0 Å². The molecule has 1 unspecified atom stereocenters. The first-order valence-electron chi connectivity index (χ1n) is 8.11. The fourth-order valence-electron chi connectivity index (χ4n) is 2.64. The molecule has 0 saturated heterocycles. The van der Waals surface area contributed by atoms with Crippen molar-refractivity contribution in [2.75, 3.05) is 13.1 Å². The molecule has 0 aromatic heterocycles. The standard InChI is InChI=1S/C20H24N2O/c1-15-9-7-8-12-17(15)23-18(16-10-5-4-6-11-16)19-21-13-20(2,3)14-22-19/h4-12,18H,13-14H2,1-3H3,(H,21,22). The van der Waals surface area contributed by atoms with Gasteiger partial charge >= 0.3 is 0 Å². The van der Waals surface area contributed by atoms with E-state index in [0.29, 0.717) is 0 Å². The van der Waals surface area contributed by atoms with Crippen molar-refractivity contribution >= 4 is 5.84 Å². The van der Waals surface area contributed by atoms with Crippen molar-refractivity contribution in [3.63, 3.8) is 0 Å². The monoisotopic (exact) mass is 308 g/mol. The molecular formula is C20H24N2O. The number of para-hydroxylation sites is 1. The van der Waals surface area contributed by atoms with E-state index in [-0.39, 0.29) is 11.5 Å². The summed E-state index contributed by atoms with van der Waals surface area (Å²) >= 11 is 0. The average molecular weight is 308 g/mol. The Morgan fingerprint density at radius 1 is 1.04 bits per heavy atom. The minimum absolute atomic E-state index is 0.188. The second-order valence-corrected chi connectivity index (χ2v) is 6.89. The van der Waals surface area contributed by atoms with Gasteiger partial charge in [-0.1, -0.05) is 62.4 Å². The summed E-state index contributed by atoms with van der Waals surface area (Å²) in [5, 5.41) is 3.47. The largest absolute Gasteiger partial charge is 0.478 e. The van der Waals surface area contributed by atoms with Gasteiger partial charge in [0.25, 0.3) is 0 Å². The highest BCUT2D eigenvalue weighted by molar-refractivity contribution is 5.88. The summed E-state index contributed by atoms with van der Waals surface area (Å²) in [6.45, 7) is 8.23. The molecule has 3 rings (SSSR count). The third kappa shape index (κ3) is 3.73. The summed E-state index contributed by atoms with van der Waals surface area (Å²) < 4.78 is 6.35. The van der Waals surface area contributed by atoms with Gasteiger partial charge in [0, 0.05) is 18.5 Å². The number of benzene rings is 2. The quantitative estimate of drug-likeness (QED) is 0.921. The zero-order chi connectivity index (χ0) is 16.3. The van der Waals surface area contributed by atoms with Gasteiger partial charge in [0.15, 0.2) is 6.10 Å². The lowest BCUT2D eigenvalue weighted by Crippen LogP contribution is -2.44. The van der Waals surface area contributed by atoms with Gasteiger partial charge < -0.3 is 10.1 Å². The Morgan fingerprint density at radius 2 is 1.74 bits per heavy atom. The van der Waals surface area contributed by atoms with E-state index in [9.17, 15) is 0 Å². The molecule has 0 bridgehead atoms. The van der Waals surface area contributed by atoms with Crippen molar-refractivity contribution in [2.24, 2.45) is 10.4 Å². The summed E-state index contributed by atoms with van der Waals surface area (Å²) in [6.07, 6.45) is -0.201. The Bertz CT molecular complexity index is 692. The first-order valence-corrected chi connectivity index (χ1v) is 8.11. The third-order valence-corrected chi connectivity index (χ3v) is 4.11. The van der Waals surface area contributed by atoms with Gasteiger partial charge in [0.05, 0.1) is 0 Å². The fraction of sp³-hybridized carbons (Fsp3) is 0.350. The molecule has 0 amide bonds. The fourth-order valence-corrected chi connectivity index (χ4v) is 2.64. The van der Waals surface area contributed by atoms with E-state index in [1.807, 2.05) is 36.4 Å². The summed E-state index contributed by atoms with van der Waals surface area (Å²) in [6, 6.07) is 18.4. The van der Waals surface area contributed by atoms with E-state index in [2.05, 4.69) is 44.3 Å². The Kier molecular flexibility index (Phi) is 4.37. The summed E-state index contributed by atoms with van der Waals surface area (Å²) in [7, 11) is 0. The molecule has 2 aromatic rings. The van der Waals surface area contributed by atoms with E-state index in [1.165, 1.54) is 0 Å². The summed E-state index contributed by atoms with van der Waals surface area (Å²) in [4.78, 5) is 4.77. The minimum Gasteiger partial charge on any atom is -0.478 e. The van der Waals surface area contributed by atoms with Gasteiger partial charge in [0.2, 0.25) is 0 Å². The van der Waals surface area contributed by atoms with E-state index in [4.69, 9.17) is 9.73 Å². The lowest BCUT2D eigenvalue weighted by molar-refractivity contribution is 0.256. The highest BCUT2D eigenvalue weighted by atomic mass is 16.5. The maximum absolute atomic E-state index is 6.35. The van der Waals surface area contributed by atoms with Crippen molar-refractivity contribution in [3.05, 3.63) is 65.7 Å². The number of amidine groups is 1. The van der Waals surface area contributed by atoms with Crippen LogP contribution in [-0.4, -0.2) is 18.9 Å². The van der Waals surface area contributed by atoms with Crippen LogP contribution in [0.5, 0.6) is 5.75 Å². The van der Waals surface area contributed by atoms with Crippen LogP contribution >= 0.6 is 0 Å². The third-order valence-electron chi connectivity index (χ3n) is 4.11. The van der Waals surface area contributed by atoms with Crippen LogP contribution in [0.3, 0.4) is 0 Å². The molecule has 1 N–H and O–H groups in total. The topological polar surface area (TPSA) is 33.6 Å². The van der Waals surface area contributed by atoms with Gasteiger partial charge in [-0.15, -0.1) is 0 Å². The van der Waals surface area contributed by atoms with Gasteiger partial charge in [-0.3, -0.25) is 4.99 Å². The average Bonchev–Trinajstić information content (AvgIpc) is 2.55. The highest BCUT2D eigenvalue weighted by Crippen LogP contribution is 2.28. The Balaban J connectivity index is 1.92. The van der Waals surface area contributed by atoms with Crippen LogP contribution in [0.15, 0.2) is 59.6 Å². The van der Waals surface area contributed by atoms with E-state index < -0.39 is 0 Å². The second kappa shape index (κ2) is 6.45. The zero-order valence-electron chi connectivity index (χ0n) is 14.0. The molecule has 0 saturated carbocycles. The number of ether oxygens (including phenoxy) is 1. The molecular weight excluding hydrogens is 284 g/mol. The number of nitrogens with zero attached hydrogens (tertiary/aromatic N) is 1. The van der Waals surface area contributed by atoms with Gasteiger partial charge in [-0.25, -0.2) is 0 Å². The predicted octanol–water partition coefficient (Wildman–Crippen LogP) is 4.14. The van der Waals surface area contributed by atoms with Crippen molar-refractivity contribution < 1.29 is 4.74 Å². The van der Waals surface area contributed by atoms with Crippen LogP contribution in [0.1, 0.15) is 31.1 Å². The Labute approximate surface area is 138 Å². The summed E-state index contributed by atoms with van der Waals surface area (Å²) in [5.74, 6) is 1.81. The van der Waals surface area contributed by atoms with E-state index >= 15 is 0 Å². The number of hydrogen-bond acceptors (Lipinski definition) is 3. The molecule has 0 fully saturated rings. The van der Waals surface area contributed by atoms with Crippen molar-refractivity contribution in [3.8, 4) is 5.75 Å². The molecule has 3 heteroatoms. The molecule has 1 heterocycles. The smallest absolute Gasteiger partial charge is 0.180 e. The molecule has 1 aliphatic heterocycles. The maximum atomic E-state index is 6.35. The van der Waals surface area contributed by atoms with Crippen LogP contribution in [0, 0.1) is 12.3 Å². The zero-order valence-corrected chi connectivity index (χ0v) is 14.0. The van der Waals surface area contributed by atoms with Crippen LogP contribution in [0.25, 0.3) is 0 Å². The van der Waals surface area contributed by atoms with Crippen LogP contribution in [0.2, 0.25) is 0 Å². The molecule has 1 aliphatic rings. The highest BCUT2D eigenvalue weighted by Gasteiger charge is 2.28. The normalized spacial score (nSPS) is 17.8. The van der Waals surface area contributed by atoms with Gasteiger partial charge in [-0.05, 0) is 24.1 Å². The molecule has 2 aromatic carbocycles. The van der Waals surface area contributed by atoms with Crippen LogP contribution < -0.4 is 10.1 Å². The van der Waals surface area contributed by atoms with E-state index in [0.717, 1.165) is 35.8 Å². The predicted molar refractivity (Wildman–Crippen MR) is 95.1 cm³/mol. The van der Waals surface area contributed by atoms with Gasteiger partial charge in [-0.2, -0.15) is 0 Å². The molecule has 0 aliphatic carbocycles. The minimum atomic E-state index is -0.201. The molecule has 120 valence electrons. The van der Waals surface area contributed by atoms with Gasteiger partial charge in [0.1, 0.15) is 11.6 Å². The molecule has 1 atom stereocenters. The number of nitrogens with one attached hydrogen (secondary N) is 1. The van der Waals surface area contributed by atoms with Crippen molar-refractivity contribution in [2.45, 2.75) is 26.9 Å². The number of aliphatic imine (C=N–C) groups is 1. The molecule has 0 spiro atoms. The SMILES string of the molecule is Cc1ccccc1OC(C1=NCC(C)(C)CN1)c1ccccc1. The first kappa shape index (κ1) is 15.6. The molecule has 23 heavy (non-hydrogen) atoms. The maximum Gasteiger partial charge on any atom is 0.180 e. The van der Waals surface area contributed by atoms with Crippen LogP contribution in [0.4, 0.5) is 0 Å². The lowest BCUT2D eigenvalue weighted by Gasteiger charge is -2.32. The molecule has 0 radical (unpaired) electrons.